The smallest absolute Gasteiger partial charge is 0.321 e. The van der Waals surface area contributed by atoms with Crippen molar-refractivity contribution in [3.05, 3.63) is 89.6 Å². The standard InChI is InChI=1S/C32H35N5O4/c1-36-19-25(38)27(29(36)26-16-9-17-41-26)21-12-8-13-22(18-21)33-32(40)35-30-31(39)37(2)24-15-7-6-14-23(24)28(34-30)20-10-4-3-5-11-20/h6-9,12-18,20,29-30,38H,3-5,10-11,19H2,1-2H3,(H2,33,35,40)/t29?,30-/m0/s1. The van der Waals surface area contributed by atoms with Crippen LogP contribution in [-0.2, 0) is 4.79 Å². The van der Waals surface area contributed by atoms with E-state index in [1.165, 1.54) is 6.42 Å². The highest BCUT2D eigenvalue weighted by Crippen LogP contribution is 2.42. The molecule has 9 nitrogen and oxygen atoms in total. The minimum absolute atomic E-state index is 0.248. The van der Waals surface area contributed by atoms with Crippen molar-refractivity contribution in [1.82, 2.24) is 10.2 Å². The Kier molecular flexibility index (Phi) is 7.36. The number of furan rings is 1. The number of nitrogens with zero attached hydrogens (tertiary/aromatic N) is 3. The molecule has 1 fully saturated rings. The molecule has 0 bridgehead atoms. The number of benzene rings is 2. The number of carbonyl (C=O) groups excluding carboxylic acids is 2. The first-order valence-electron chi connectivity index (χ1n) is 14.2. The van der Waals surface area contributed by atoms with Crippen LogP contribution in [0.4, 0.5) is 16.2 Å². The van der Waals surface area contributed by atoms with E-state index < -0.39 is 12.2 Å². The van der Waals surface area contributed by atoms with Crippen LogP contribution in [0.5, 0.6) is 0 Å². The summed E-state index contributed by atoms with van der Waals surface area (Å²) in [6.45, 7) is 0.389. The molecule has 3 aromatic rings. The molecular weight excluding hydrogens is 518 g/mol. The molecule has 0 radical (unpaired) electrons. The van der Waals surface area contributed by atoms with Crippen LogP contribution in [0.2, 0.25) is 0 Å². The highest BCUT2D eigenvalue weighted by molar-refractivity contribution is 6.14. The van der Waals surface area contributed by atoms with Gasteiger partial charge in [-0.3, -0.25) is 14.7 Å². The summed E-state index contributed by atoms with van der Waals surface area (Å²) in [7, 11) is 3.65. The van der Waals surface area contributed by atoms with Crippen molar-refractivity contribution in [3.63, 3.8) is 0 Å². The zero-order chi connectivity index (χ0) is 28.5. The second-order valence-corrected chi connectivity index (χ2v) is 11.0. The lowest BCUT2D eigenvalue weighted by Gasteiger charge is -2.25. The number of rotatable bonds is 5. The molecule has 9 heteroatoms. The summed E-state index contributed by atoms with van der Waals surface area (Å²) in [5.41, 5.74) is 4.67. The number of benzodiazepines with no additional fused rings is 1. The summed E-state index contributed by atoms with van der Waals surface area (Å²) >= 11 is 0. The second kappa shape index (κ2) is 11.2. The lowest BCUT2D eigenvalue weighted by atomic mass is 9.83. The maximum Gasteiger partial charge on any atom is 0.321 e. The number of aliphatic imine (C=N–C) groups is 1. The van der Waals surface area contributed by atoms with Crippen molar-refractivity contribution in [2.24, 2.45) is 10.9 Å². The zero-order valence-corrected chi connectivity index (χ0v) is 23.3. The number of anilines is 2. The molecule has 1 unspecified atom stereocenters. The van der Waals surface area contributed by atoms with Crippen LogP contribution in [-0.4, -0.2) is 54.5 Å². The molecule has 3 aliphatic rings. The number of hydrogen-bond acceptors (Lipinski definition) is 6. The SMILES string of the molecule is CN1C(=O)[C@H](NC(=O)Nc2cccc(C3=C(O)CN(C)C3c3ccco3)c2)N=C(C2CCCCC2)c2ccccc21. The first-order chi connectivity index (χ1) is 19.9. The Labute approximate surface area is 239 Å². The van der Waals surface area contributed by atoms with E-state index in [1.54, 1.807) is 24.3 Å². The molecule has 212 valence electrons. The Morgan fingerprint density at radius 3 is 2.61 bits per heavy atom. The number of nitrogens with one attached hydrogen (secondary N) is 2. The number of carbonyl (C=O) groups is 2. The third-order valence-corrected chi connectivity index (χ3v) is 8.30. The van der Waals surface area contributed by atoms with Gasteiger partial charge in [-0.15, -0.1) is 0 Å². The second-order valence-electron chi connectivity index (χ2n) is 11.0. The number of para-hydroxylation sites is 1. The van der Waals surface area contributed by atoms with E-state index in [2.05, 4.69) is 10.6 Å². The van der Waals surface area contributed by atoms with Gasteiger partial charge < -0.3 is 25.1 Å². The molecule has 3 amide bonds. The van der Waals surface area contributed by atoms with E-state index in [1.807, 2.05) is 66.5 Å². The van der Waals surface area contributed by atoms with Gasteiger partial charge in [0.1, 0.15) is 11.5 Å². The van der Waals surface area contributed by atoms with Crippen LogP contribution < -0.4 is 15.5 Å². The van der Waals surface area contributed by atoms with Gasteiger partial charge in [-0.1, -0.05) is 49.6 Å². The lowest BCUT2D eigenvalue weighted by Crippen LogP contribution is -2.47. The summed E-state index contributed by atoms with van der Waals surface area (Å²) in [4.78, 5) is 35.2. The van der Waals surface area contributed by atoms with Crippen molar-refractivity contribution >= 4 is 34.6 Å². The van der Waals surface area contributed by atoms with Crippen LogP contribution >= 0.6 is 0 Å². The molecule has 1 saturated carbocycles. The Hall–Kier alpha value is -4.37. The van der Waals surface area contributed by atoms with Crippen molar-refractivity contribution in [2.75, 3.05) is 30.9 Å². The van der Waals surface area contributed by atoms with Crippen molar-refractivity contribution in [3.8, 4) is 0 Å². The van der Waals surface area contributed by atoms with Gasteiger partial charge in [-0.25, -0.2) is 4.79 Å². The van der Waals surface area contributed by atoms with E-state index in [0.29, 0.717) is 12.2 Å². The van der Waals surface area contributed by atoms with Gasteiger partial charge >= 0.3 is 6.03 Å². The summed E-state index contributed by atoms with van der Waals surface area (Å²) in [5, 5.41) is 16.5. The fourth-order valence-corrected chi connectivity index (χ4v) is 6.32. The molecule has 2 aromatic carbocycles. The highest BCUT2D eigenvalue weighted by Gasteiger charge is 2.35. The number of likely N-dealkylation sites (N-methyl/N-ethyl adjacent to an activating group) is 2. The molecule has 0 spiro atoms. The van der Waals surface area contributed by atoms with Gasteiger partial charge in [0, 0.05) is 29.8 Å². The van der Waals surface area contributed by atoms with Crippen LogP contribution in [0, 0.1) is 5.92 Å². The Morgan fingerprint density at radius 1 is 1.02 bits per heavy atom. The molecule has 6 rings (SSSR count). The largest absolute Gasteiger partial charge is 0.511 e. The van der Waals surface area contributed by atoms with Crippen LogP contribution in [0.15, 0.2) is 82.1 Å². The molecule has 0 saturated heterocycles. The van der Waals surface area contributed by atoms with Gasteiger partial charge in [0.25, 0.3) is 5.91 Å². The molecule has 3 heterocycles. The molecule has 1 aromatic heterocycles. The van der Waals surface area contributed by atoms with Gasteiger partial charge in [0.2, 0.25) is 6.17 Å². The Bertz CT molecular complexity index is 1510. The average molecular weight is 554 g/mol. The third kappa shape index (κ3) is 5.25. The zero-order valence-electron chi connectivity index (χ0n) is 23.3. The first kappa shape index (κ1) is 26.8. The minimum atomic E-state index is -1.05. The maximum atomic E-state index is 13.5. The van der Waals surface area contributed by atoms with E-state index in [4.69, 9.17) is 9.41 Å². The van der Waals surface area contributed by atoms with Gasteiger partial charge in [0.05, 0.1) is 30.2 Å². The molecule has 1 aliphatic carbocycles. The molecule has 41 heavy (non-hydrogen) atoms. The number of urea groups is 1. The van der Waals surface area contributed by atoms with Crippen molar-refractivity contribution < 1.29 is 19.1 Å². The number of aliphatic hydroxyl groups is 1. The van der Waals surface area contributed by atoms with Crippen molar-refractivity contribution in [2.45, 2.75) is 44.3 Å². The van der Waals surface area contributed by atoms with Crippen molar-refractivity contribution in [1.29, 1.82) is 0 Å². The molecule has 2 atom stereocenters. The van der Waals surface area contributed by atoms with Gasteiger partial charge in [0.15, 0.2) is 0 Å². The maximum absolute atomic E-state index is 13.5. The topological polar surface area (TPSA) is 110 Å². The van der Waals surface area contributed by atoms with Gasteiger partial charge in [-0.2, -0.15) is 0 Å². The van der Waals surface area contributed by atoms with Crippen LogP contribution in [0.25, 0.3) is 5.57 Å². The lowest BCUT2D eigenvalue weighted by molar-refractivity contribution is -0.119. The third-order valence-electron chi connectivity index (χ3n) is 8.30. The number of aliphatic hydroxyl groups excluding tert-OH is 1. The van der Waals surface area contributed by atoms with Crippen LogP contribution in [0.3, 0.4) is 0 Å². The van der Waals surface area contributed by atoms with Gasteiger partial charge in [-0.05, 0) is 55.8 Å². The monoisotopic (exact) mass is 553 g/mol. The van der Waals surface area contributed by atoms with E-state index in [9.17, 15) is 14.7 Å². The number of hydrogen-bond donors (Lipinski definition) is 3. The first-order valence-corrected chi connectivity index (χ1v) is 14.2. The quantitative estimate of drug-likeness (QED) is 0.374. The Balaban J connectivity index is 1.24. The fourth-order valence-electron chi connectivity index (χ4n) is 6.32. The average Bonchev–Trinajstić information content (AvgIpc) is 3.59. The molecule has 3 N–H and O–H groups in total. The minimum Gasteiger partial charge on any atom is -0.511 e. The summed E-state index contributed by atoms with van der Waals surface area (Å²) in [6, 6.07) is 18.1. The molecule has 2 aliphatic heterocycles. The van der Waals surface area contributed by atoms with E-state index in [-0.39, 0.29) is 23.6 Å². The molecular formula is C32H35N5O4. The highest BCUT2D eigenvalue weighted by atomic mass is 16.3. The number of amides is 3. The summed E-state index contributed by atoms with van der Waals surface area (Å²) in [5.74, 6) is 0.941. The normalized spacial score (nSPS) is 21.9. The summed E-state index contributed by atoms with van der Waals surface area (Å²) in [6.07, 6.45) is 6.08. The van der Waals surface area contributed by atoms with E-state index in [0.717, 1.165) is 59.5 Å². The predicted molar refractivity (Wildman–Crippen MR) is 159 cm³/mol. The Morgan fingerprint density at radius 2 is 1.83 bits per heavy atom. The summed E-state index contributed by atoms with van der Waals surface area (Å²) < 4.78 is 5.66. The van der Waals surface area contributed by atoms with Crippen LogP contribution in [0.1, 0.15) is 55.0 Å². The fraction of sp³-hybridized carbons (Fsp3) is 0.344. The predicted octanol–water partition coefficient (Wildman–Crippen LogP) is 5.73. The number of fused-ring (bicyclic) bond motifs is 1. The van der Waals surface area contributed by atoms with E-state index >= 15 is 0 Å².